The molecule has 10 heteroatoms. The number of hydrogen-bond acceptors (Lipinski definition) is 6. The van der Waals surface area contributed by atoms with Gasteiger partial charge in [-0.25, -0.2) is 8.42 Å². The van der Waals surface area contributed by atoms with Gasteiger partial charge in [0, 0.05) is 37.8 Å². The number of sulfonamides is 1. The smallest absolute Gasteiger partial charge is 0.293 e. The Bertz CT molecular complexity index is 1080. The van der Waals surface area contributed by atoms with Gasteiger partial charge in [0.05, 0.1) is 9.82 Å². The topological polar surface area (TPSA) is 127 Å². The number of carbonyl (C=O) groups excluding carboxylic acids is 1. The van der Waals surface area contributed by atoms with Gasteiger partial charge in [0.15, 0.2) is 0 Å². The van der Waals surface area contributed by atoms with Crippen molar-refractivity contribution < 1.29 is 18.1 Å². The minimum Gasteiger partial charge on any atom is -0.366 e. The first-order valence-electron chi connectivity index (χ1n) is 9.02. The molecule has 29 heavy (non-hydrogen) atoms. The van der Waals surface area contributed by atoms with Crippen LogP contribution in [-0.4, -0.2) is 49.7 Å². The van der Waals surface area contributed by atoms with E-state index in [1.54, 1.807) is 23.1 Å². The fourth-order valence-corrected chi connectivity index (χ4v) is 4.79. The molecule has 2 aromatic rings. The van der Waals surface area contributed by atoms with E-state index in [9.17, 15) is 23.3 Å². The van der Waals surface area contributed by atoms with E-state index in [1.807, 2.05) is 13.8 Å². The summed E-state index contributed by atoms with van der Waals surface area (Å²) in [7, 11) is -3.64. The Hall–Kier alpha value is -2.98. The Morgan fingerprint density at radius 2 is 1.69 bits per heavy atom. The Kier molecular flexibility index (Phi) is 5.58. The fourth-order valence-electron chi connectivity index (χ4n) is 3.28. The average molecular weight is 418 g/mol. The zero-order chi connectivity index (χ0) is 21.3. The Labute approximate surface area is 168 Å². The lowest BCUT2D eigenvalue weighted by molar-refractivity contribution is -0.384. The average Bonchev–Trinajstić information content (AvgIpc) is 2.69. The molecule has 1 aliphatic heterocycles. The Morgan fingerprint density at radius 3 is 2.24 bits per heavy atom. The first-order chi connectivity index (χ1) is 13.6. The molecule has 1 amide bonds. The molecular formula is C19H22N4O5S. The van der Waals surface area contributed by atoms with Crippen LogP contribution in [0.4, 0.5) is 11.4 Å². The van der Waals surface area contributed by atoms with Crippen molar-refractivity contribution in [1.82, 2.24) is 4.31 Å². The van der Waals surface area contributed by atoms with Crippen LogP contribution >= 0.6 is 0 Å². The minimum absolute atomic E-state index is 0.0522. The third kappa shape index (κ3) is 4.08. The molecule has 154 valence electrons. The number of carbonyl (C=O) groups is 1. The SMILES string of the molecule is Cc1ccc(S(=O)(=O)N2CCN(c3ccc(C(N)=O)cc3[N+](=O)[O-])CC2)cc1C. The zero-order valence-corrected chi connectivity index (χ0v) is 17.0. The molecule has 0 spiro atoms. The van der Waals surface area contributed by atoms with E-state index in [2.05, 4.69) is 0 Å². The summed E-state index contributed by atoms with van der Waals surface area (Å²) in [5.41, 5.74) is 7.28. The van der Waals surface area contributed by atoms with E-state index in [0.717, 1.165) is 17.2 Å². The maximum absolute atomic E-state index is 12.9. The third-order valence-corrected chi connectivity index (χ3v) is 7.05. The lowest BCUT2D eigenvalue weighted by Gasteiger charge is -2.35. The molecule has 2 N–H and O–H groups in total. The molecule has 0 aliphatic carbocycles. The van der Waals surface area contributed by atoms with Crippen LogP contribution in [0, 0.1) is 24.0 Å². The van der Waals surface area contributed by atoms with Crippen molar-refractivity contribution >= 4 is 27.3 Å². The van der Waals surface area contributed by atoms with Gasteiger partial charge in [-0.2, -0.15) is 4.31 Å². The number of nitrogens with two attached hydrogens (primary N) is 1. The van der Waals surface area contributed by atoms with Crippen molar-refractivity contribution in [2.75, 3.05) is 31.1 Å². The quantitative estimate of drug-likeness (QED) is 0.583. The standard InChI is InChI=1S/C19H22N4O5S/c1-13-3-5-16(11-14(13)2)29(27,28)22-9-7-21(8-10-22)17-6-4-15(19(20)24)12-18(17)23(25)26/h3-6,11-12H,7-10H2,1-2H3,(H2,20,24). The summed E-state index contributed by atoms with van der Waals surface area (Å²) in [4.78, 5) is 24.2. The van der Waals surface area contributed by atoms with E-state index < -0.39 is 20.9 Å². The number of primary amides is 1. The number of nitro benzene ring substituents is 1. The lowest BCUT2D eigenvalue weighted by Crippen LogP contribution is -2.48. The van der Waals surface area contributed by atoms with Gasteiger partial charge in [-0.05, 0) is 49.2 Å². The van der Waals surface area contributed by atoms with Gasteiger partial charge in [0.25, 0.3) is 5.69 Å². The van der Waals surface area contributed by atoms with Gasteiger partial charge >= 0.3 is 0 Å². The van der Waals surface area contributed by atoms with Crippen LogP contribution < -0.4 is 10.6 Å². The maximum Gasteiger partial charge on any atom is 0.293 e. The molecule has 2 aromatic carbocycles. The highest BCUT2D eigenvalue weighted by Gasteiger charge is 2.31. The lowest BCUT2D eigenvalue weighted by atomic mass is 10.1. The molecule has 0 aromatic heterocycles. The van der Waals surface area contributed by atoms with Crippen molar-refractivity contribution in [1.29, 1.82) is 0 Å². The summed E-state index contributed by atoms with van der Waals surface area (Å²) in [5.74, 6) is -0.746. The van der Waals surface area contributed by atoms with Gasteiger partial charge in [0.2, 0.25) is 15.9 Å². The Morgan fingerprint density at radius 1 is 1.03 bits per heavy atom. The highest BCUT2D eigenvalue weighted by molar-refractivity contribution is 7.89. The van der Waals surface area contributed by atoms with Crippen LogP contribution in [0.3, 0.4) is 0 Å². The predicted molar refractivity (Wildman–Crippen MR) is 109 cm³/mol. The van der Waals surface area contributed by atoms with Crippen molar-refractivity contribution in [3.63, 3.8) is 0 Å². The number of rotatable bonds is 5. The van der Waals surface area contributed by atoms with Crippen LogP contribution in [0.1, 0.15) is 21.5 Å². The summed E-state index contributed by atoms with van der Waals surface area (Å²) in [6, 6.07) is 9.09. The molecule has 1 fully saturated rings. The van der Waals surface area contributed by atoms with E-state index >= 15 is 0 Å². The Balaban J connectivity index is 1.81. The zero-order valence-electron chi connectivity index (χ0n) is 16.2. The van der Waals surface area contributed by atoms with Crippen LogP contribution in [0.5, 0.6) is 0 Å². The number of aryl methyl sites for hydroxylation is 2. The molecule has 0 radical (unpaired) electrons. The monoisotopic (exact) mass is 418 g/mol. The number of amides is 1. The molecule has 9 nitrogen and oxygen atoms in total. The summed E-state index contributed by atoms with van der Waals surface area (Å²) >= 11 is 0. The van der Waals surface area contributed by atoms with E-state index in [4.69, 9.17) is 5.73 Å². The molecule has 0 saturated carbocycles. The molecule has 1 saturated heterocycles. The number of hydrogen-bond donors (Lipinski definition) is 1. The largest absolute Gasteiger partial charge is 0.366 e. The summed E-state index contributed by atoms with van der Waals surface area (Å²) in [6.07, 6.45) is 0. The van der Waals surface area contributed by atoms with Gasteiger partial charge in [-0.3, -0.25) is 14.9 Å². The van der Waals surface area contributed by atoms with Crippen molar-refractivity contribution in [2.24, 2.45) is 5.73 Å². The number of benzene rings is 2. The maximum atomic E-state index is 12.9. The summed E-state index contributed by atoms with van der Waals surface area (Å²) < 4.78 is 27.3. The molecular weight excluding hydrogens is 396 g/mol. The second kappa shape index (κ2) is 7.80. The fraction of sp³-hybridized carbons (Fsp3) is 0.316. The molecule has 1 aliphatic rings. The normalized spacial score (nSPS) is 15.3. The van der Waals surface area contributed by atoms with E-state index in [0.29, 0.717) is 18.8 Å². The minimum atomic E-state index is -3.64. The summed E-state index contributed by atoms with van der Waals surface area (Å²) in [5, 5.41) is 11.4. The van der Waals surface area contributed by atoms with Crippen molar-refractivity contribution in [3.8, 4) is 0 Å². The van der Waals surface area contributed by atoms with E-state index in [-0.39, 0.29) is 29.2 Å². The number of nitrogens with zero attached hydrogens (tertiary/aromatic N) is 3. The molecule has 0 bridgehead atoms. The highest BCUT2D eigenvalue weighted by Crippen LogP contribution is 2.31. The van der Waals surface area contributed by atoms with Crippen LogP contribution in [0.2, 0.25) is 0 Å². The second-order valence-electron chi connectivity index (χ2n) is 6.96. The molecule has 3 rings (SSSR count). The number of anilines is 1. The third-order valence-electron chi connectivity index (χ3n) is 5.15. The number of nitro groups is 1. The van der Waals surface area contributed by atoms with E-state index in [1.165, 1.54) is 16.4 Å². The highest BCUT2D eigenvalue weighted by atomic mass is 32.2. The molecule has 0 atom stereocenters. The van der Waals surface area contributed by atoms with Crippen LogP contribution in [0.15, 0.2) is 41.3 Å². The van der Waals surface area contributed by atoms with Gasteiger partial charge in [-0.15, -0.1) is 0 Å². The number of piperazine rings is 1. The molecule has 0 unspecified atom stereocenters. The van der Waals surface area contributed by atoms with Crippen molar-refractivity contribution in [2.45, 2.75) is 18.7 Å². The summed E-state index contributed by atoms with van der Waals surface area (Å²) in [6.45, 7) is 4.76. The van der Waals surface area contributed by atoms with Crippen LogP contribution in [0.25, 0.3) is 0 Å². The first kappa shape index (κ1) is 20.7. The van der Waals surface area contributed by atoms with Gasteiger partial charge < -0.3 is 10.6 Å². The van der Waals surface area contributed by atoms with Crippen LogP contribution in [-0.2, 0) is 10.0 Å². The van der Waals surface area contributed by atoms with Crippen molar-refractivity contribution in [3.05, 3.63) is 63.2 Å². The first-order valence-corrected chi connectivity index (χ1v) is 10.5. The van der Waals surface area contributed by atoms with Gasteiger partial charge in [-0.1, -0.05) is 6.07 Å². The predicted octanol–water partition coefficient (Wildman–Crippen LogP) is 1.82. The van der Waals surface area contributed by atoms with Gasteiger partial charge in [0.1, 0.15) is 5.69 Å². The second-order valence-corrected chi connectivity index (χ2v) is 8.90. The molecule has 1 heterocycles.